The normalized spacial score (nSPS) is 11.5. The predicted molar refractivity (Wildman–Crippen MR) is 133 cm³/mol. The van der Waals surface area contributed by atoms with Gasteiger partial charge in [0.25, 0.3) is 0 Å². The molecule has 0 saturated carbocycles. The van der Waals surface area contributed by atoms with E-state index in [4.69, 9.17) is 15.9 Å². The molecule has 32 heavy (non-hydrogen) atoms. The minimum atomic E-state index is -0.256. The highest BCUT2D eigenvalue weighted by Crippen LogP contribution is 2.36. The minimum absolute atomic E-state index is 0.0997. The van der Waals surface area contributed by atoms with E-state index in [1.54, 1.807) is 19.1 Å². The maximum Gasteiger partial charge on any atom is 0.307 e. The van der Waals surface area contributed by atoms with Crippen LogP contribution in [-0.2, 0) is 9.53 Å². The van der Waals surface area contributed by atoms with Crippen LogP contribution in [0, 0.1) is 19.3 Å². The first kappa shape index (κ1) is 23.4. The highest BCUT2D eigenvalue weighted by Gasteiger charge is 2.20. The van der Waals surface area contributed by atoms with Crippen LogP contribution in [0.1, 0.15) is 18.9 Å². The zero-order chi connectivity index (χ0) is 23.1. The van der Waals surface area contributed by atoms with Crippen molar-refractivity contribution in [3.63, 3.8) is 0 Å². The molecule has 3 aromatic carbocycles. The molecular formula is C26H28N2O3S. The lowest BCUT2D eigenvalue weighted by molar-refractivity contribution is -0.140. The zero-order valence-electron chi connectivity index (χ0n) is 18.8. The van der Waals surface area contributed by atoms with Gasteiger partial charge in [-0.05, 0) is 61.7 Å². The fourth-order valence-corrected chi connectivity index (χ4v) is 4.44. The molecule has 0 amide bonds. The van der Waals surface area contributed by atoms with E-state index >= 15 is 0 Å². The van der Waals surface area contributed by atoms with Crippen molar-refractivity contribution >= 4 is 40.1 Å². The van der Waals surface area contributed by atoms with Crippen LogP contribution >= 0.6 is 11.9 Å². The highest BCUT2D eigenvalue weighted by molar-refractivity contribution is 8.00. The van der Waals surface area contributed by atoms with E-state index in [-0.39, 0.29) is 18.4 Å². The van der Waals surface area contributed by atoms with Crippen LogP contribution in [0.15, 0.2) is 59.5 Å². The molecule has 6 heteroatoms. The summed E-state index contributed by atoms with van der Waals surface area (Å²) in [5, 5.41) is 2.14. The number of terminal acetylenes is 1. The first-order chi connectivity index (χ1) is 15.5. The zero-order valence-corrected chi connectivity index (χ0v) is 19.7. The smallest absolute Gasteiger partial charge is 0.307 e. The van der Waals surface area contributed by atoms with Gasteiger partial charge in [-0.15, -0.1) is 6.42 Å². The largest absolute Gasteiger partial charge is 0.496 e. The Morgan fingerprint density at radius 3 is 2.56 bits per heavy atom. The van der Waals surface area contributed by atoms with Gasteiger partial charge in [0.15, 0.2) is 0 Å². The van der Waals surface area contributed by atoms with Gasteiger partial charge in [-0.2, -0.15) is 0 Å². The topological polar surface area (TPSA) is 50.8 Å². The molecule has 0 bridgehead atoms. The molecule has 0 radical (unpaired) electrons. The number of fused-ring (bicyclic) bond motifs is 1. The molecule has 0 unspecified atom stereocenters. The average molecular weight is 449 g/mol. The Hall–Kier alpha value is -3.30. The molecule has 0 aliphatic rings. The Bertz CT molecular complexity index is 1140. The molecule has 0 saturated heterocycles. The maximum absolute atomic E-state index is 11.8. The molecule has 0 aliphatic carbocycles. The first-order valence-corrected chi connectivity index (χ1v) is 11.2. The van der Waals surface area contributed by atoms with Gasteiger partial charge >= 0.3 is 5.97 Å². The number of anilines is 2. The van der Waals surface area contributed by atoms with E-state index in [1.807, 2.05) is 38.1 Å². The van der Waals surface area contributed by atoms with Gasteiger partial charge in [-0.25, -0.2) is 0 Å². The molecule has 0 spiro atoms. The lowest BCUT2D eigenvalue weighted by Crippen LogP contribution is -2.35. The van der Waals surface area contributed by atoms with Crippen LogP contribution < -0.4 is 14.4 Å². The van der Waals surface area contributed by atoms with E-state index in [2.05, 4.69) is 45.9 Å². The highest BCUT2D eigenvalue weighted by atomic mass is 32.2. The Morgan fingerprint density at radius 1 is 1.16 bits per heavy atom. The van der Waals surface area contributed by atoms with Gasteiger partial charge in [0.1, 0.15) is 5.75 Å². The lowest BCUT2D eigenvalue weighted by Gasteiger charge is -2.30. The summed E-state index contributed by atoms with van der Waals surface area (Å²) in [6.07, 6.45) is 5.92. The molecule has 0 aromatic heterocycles. The molecule has 166 valence electrons. The number of rotatable bonds is 9. The SMILES string of the molecule is C#CCN(c1ccc(NSc2ccc(OC)c(C)c2)c2ccccc12)[C@@H](C)CC(=O)OC. The van der Waals surface area contributed by atoms with Crippen LogP contribution in [0.3, 0.4) is 0 Å². The second kappa shape index (κ2) is 10.8. The molecule has 0 heterocycles. The van der Waals surface area contributed by atoms with Crippen molar-refractivity contribution in [1.82, 2.24) is 0 Å². The molecule has 3 aromatic rings. The number of aryl methyl sites for hydroxylation is 1. The molecule has 3 rings (SSSR count). The molecule has 0 fully saturated rings. The number of carbonyl (C=O) groups is 1. The van der Waals surface area contributed by atoms with Crippen molar-refractivity contribution in [3.05, 3.63) is 60.2 Å². The van der Waals surface area contributed by atoms with Gasteiger partial charge in [0, 0.05) is 27.4 Å². The molecule has 1 atom stereocenters. The van der Waals surface area contributed by atoms with E-state index < -0.39 is 0 Å². The van der Waals surface area contributed by atoms with Crippen molar-refractivity contribution < 1.29 is 14.3 Å². The Kier molecular flexibility index (Phi) is 7.91. The Morgan fingerprint density at radius 2 is 1.91 bits per heavy atom. The number of nitrogens with zero attached hydrogens (tertiary/aromatic N) is 1. The third kappa shape index (κ3) is 5.30. The standard InChI is InChI=1S/C26H28N2O3S/c1-6-15-28(19(3)17-26(29)31-5)24-13-12-23(21-9-7-8-10-22(21)24)27-32-20-11-14-25(30-4)18(2)16-20/h1,7-14,16,19,27H,15,17H2,2-5H3/t19-/m0/s1. The summed E-state index contributed by atoms with van der Waals surface area (Å²) >= 11 is 1.55. The third-order valence-corrected chi connectivity index (χ3v) is 6.15. The minimum Gasteiger partial charge on any atom is -0.496 e. The van der Waals surface area contributed by atoms with E-state index in [0.29, 0.717) is 6.54 Å². The van der Waals surface area contributed by atoms with Crippen molar-refractivity contribution in [2.75, 3.05) is 30.4 Å². The van der Waals surface area contributed by atoms with Gasteiger partial charge in [-0.1, -0.05) is 30.2 Å². The number of nitrogens with one attached hydrogen (secondary N) is 1. The van der Waals surface area contributed by atoms with Crippen LogP contribution in [0.2, 0.25) is 0 Å². The van der Waals surface area contributed by atoms with Crippen molar-refractivity contribution in [1.29, 1.82) is 0 Å². The first-order valence-electron chi connectivity index (χ1n) is 10.3. The second-order valence-corrected chi connectivity index (χ2v) is 8.35. The summed E-state index contributed by atoms with van der Waals surface area (Å²) in [5.41, 5.74) is 3.08. The number of carbonyl (C=O) groups excluding carboxylic acids is 1. The van der Waals surface area contributed by atoms with Gasteiger partial charge < -0.3 is 19.1 Å². The number of esters is 1. The van der Waals surface area contributed by atoms with E-state index in [1.165, 1.54) is 7.11 Å². The summed E-state index contributed by atoms with van der Waals surface area (Å²) in [4.78, 5) is 15.0. The number of methoxy groups -OCH3 is 2. The second-order valence-electron chi connectivity index (χ2n) is 7.47. The number of hydrogen-bond acceptors (Lipinski definition) is 6. The molecule has 5 nitrogen and oxygen atoms in total. The van der Waals surface area contributed by atoms with E-state index in [9.17, 15) is 4.79 Å². The maximum atomic E-state index is 11.8. The summed E-state index contributed by atoms with van der Waals surface area (Å²) < 4.78 is 13.7. The lowest BCUT2D eigenvalue weighted by atomic mass is 10.0. The monoisotopic (exact) mass is 448 g/mol. The number of ether oxygens (including phenoxy) is 2. The summed E-state index contributed by atoms with van der Waals surface area (Å²) in [5.74, 6) is 3.34. The summed E-state index contributed by atoms with van der Waals surface area (Å²) in [6, 6.07) is 18.3. The molecule has 1 N–H and O–H groups in total. The van der Waals surface area contributed by atoms with Crippen LogP contribution in [0.5, 0.6) is 5.75 Å². The molecular weight excluding hydrogens is 420 g/mol. The number of hydrogen-bond donors (Lipinski definition) is 1. The number of benzene rings is 3. The van der Waals surface area contributed by atoms with Crippen LogP contribution in [0.4, 0.5) is 11.4 Å². The average Bonchev–Trinajstić information content (AvgIpc) is 2.81. The Balaban J connectivity index is 1.91. The van der Waals surface area contributed by atoms with Crippen molar-refractivity contribution in [3.8, 4) is 18.1 Å². The van der Waals surface area contributed by atoms with Crippen molar-refractivity contribution in [2.24, 2.45) is 0 Å². The summed E-state index contributed by atoms with van der Waals surface area (Å²) in [7, 11) is 3.08. The van der Waals surface area contributed by atoms with Crippen LogP contribution in [-0.4, -0.2) is 32.8 Å². The summed E-state index contributed by atoms with van der Waals surface area (Å²) in [6.45, 7) is 4.41. The van der Waals surface area contributed by atoms with Gasteiger partial charge in [-0.3, -0.25) is 4.79 Å². The predicted octanol–water partition coefficient (Wildman–Crippen LogP) is 5.67. The quantitative estimate of drug-likeness (QED) is 0.259. The third-order valence-electron chi connectivity index (χ3n) is 5.34. The Labute approximate surface area is 194 Å². The molecule has 0 aliphatic heterocycles. The van der Waals surface area contributed by atoms with Crippen molar-refractivity contribution in [2.45, 2.75) is 31.2 Å². The van der Waals surface area contributed by atoms with Gasteiger partial charge in [0.05, 0.1) is 32.9 Å². The van der Waals surface area contributed by atoms with Gasteiger partial charge in [0.2, 0.25) is 0 Å². The van der Waals surface area contributed by atoms with Crippen LogP contribution in [0.25, 0.3) is 10.8 Å². The van der Waals surface area contributed by atoms with E-state index in [0.717, 1.165) is 38.4 Å². The fraction of sp³-hybridized carbons (Fsp3) is 0.269. The fourth-order valence-electron chi connectivity index (χ4n) is 3.66.